The number of benzene rings is 2. The number of nitrogens with zero attached hydrogens (tertiary/aromatic N) is 2. The minimum atomic E-state index is -2.47. The zero-order valence-electron chi connectivity index (χ0n) is 15.4. The van der Waals surface area contributed by atoms with Crippen LogP contribution in [0.3, 0.4) is 0 Å². The second-order valence-corrected chi connectivity index (χ2v) is 7.99. The van der Waals surface area contributed by atoms with Gasteiger partial charge < -0.3 is 9.80 Å². The normalized spacial score (nSPS) is 17.9. The topological polar surface area (TPSA) is 6.48 Å². The van der Waals surface area contributed by atoms with E-state index in [0.29, 0.717) is 22.4 Å². The molecule has 1 atom stereocenters. The van der Waals surface area contributed by atoms with Crippen LogP contribution in [-0.2, 0) is 5.75 Å². The van der Waals surface area contributed by atoms with Gasteiger partial charge in [0.15, 0.2) is 0 Å². The first-order valence-electron chi connectivity index (χ1n) is 9.05. The molecule has 1 fully saturated rings. The largest absolute Gasteiger partial charge is 0.370 e. The first kappa shape index (κ1) is 19.2. The van der Waals surface area contributed by atoms with Crippen LogP contribution in [0.25, 0.3) is 0 Å². The van der Waals surface area contributed by atoms with Crippen molar-refractivity contribution in [2.24, 2.45) is 0 Å². The first-order valence-corrected chi connectivity index (χ1v) is 10.0. The van der Waals surface area contributed by atoms with E-state index in [4.69, 9.17) is 0 Å². The minimum absolute atomic E-state index is 0.188. The predicted molar refractivity (Wildman–Crippen MR) is 106 cm³/mol. The van der Waals surface area contributed by atoms with Crippen molar-refractivity contribution in [1.82, 2.24) is 4.90 Å². The maximum Gasteiger partial charge on any atom is 0.266 e. The Kier molecular flexibility index (Phi) is 6.54. The average molecular weight is 377 g/mol. The van der Waals surface area contributed by atoms with Crippen LogP contribution in [-0.4, -0.2) is 38.1 Å². The van der Waals surface area contributed by atoms with Gasteiger partial charge in [-0.25, -0.2) is 8.78 Å². The lowest BCUT2D eigenvalue weighted by Gasteiger charge is -2.38. The zero-order chi connectivity index (χ0) is 18.5. The van der Waals surface area contributed by atoms with Gasteiger partial charge in [0.1, 0.15) is 0 Å². The Morgan fingerprint density at radius 2 is 1.88 bits per heavy atom. The van der Waals surface area contributed by atoms with Crippen molar-refractivity contribution in [2.75, 3.05) is 32.1 Å². The molecule has 26 heavy (non-hydrogen) atoms. The van der Waals surface area contributed by atoms with Crippen molar-refractivity contribution in [3.63, 3.8) is 0 Å². The third-order valence-corrected chi connectivity index (χ3v) is 6.11. The summed E-state index contributed by atoms with van der Waals surface area (Å²) in [7, 11) is 4.13. The highest BCUT2D eigenvalue weighted by atomic mass is 32.2. The van der Waals surface area contributed by atoms with E-state index in [-0.39, 0.29) is 5.56 Å². The molecule has 0 aliphatic carbocycles. The summed E-state index contributed by atoms with van der Waals surface area (Å²) in [6, 6.07) is 16.0. The second-order valence-electron chi connectivity index (χ2n) is 6.97. The minimum Gasteiger partial charge on any atom is -0.370 e. The standard InChI is InChI=1S/C21H26F2N2S/c1-24(2)17-10-7-13-25(14-17)18-11-6-12-19(20(18)21(22)23)26-15-16-8-4-3-5-9-16/h3-6,8-9,11-12,17,21H,7,10,13-15H2,1-2H3/t17-/m0/s1. The van der Waals surface area contributed by atoms with E-state index in [9.17, 15) is 8.78 Å². The van der Waals surface area contributed by atoms with Gasteiger partial charge in [0.2, 0.25) is 0 Å². The van der Waals surface area contributed by atoms with Crippen LogP contribution in [0.15, 0.2) is 53.4 Å². The van der Waals surface area contributed by atoms with Crippen molar-refractivity contribution < 1.29 is 8.78 Å². The maximum atomic E-state index is 14.0. The summed E-state index contributed by atoms with van der Waals surface area (Å²) >= 11 is 1.50. The highest BCUT2D eigenvalue weighted by Crippen LogP contribution is 2.39. The fraction of sp³-hybridized carbons (Fsp3) is 0.429. The maximum absolute atomic E-state index is 14.0. The molecule has 2 nitrogen and oxygen atoms in total. The van der Waals surface area contributed by atoms with Crippen LogP contribution in [0.1, 0.15) is 30.4 Å². The molecule has 2 aromatic rings. The quantitative estimate of drug-likeness (QED) is 0.619. The molecule has 3 rings (SSSR count). The summed E-state index contributed by atoms with van der Waals surface area (Å²) in [4.78, 5) is 5.03. The van der Waals surface area contributed by atoms with Gasteiger partial charge in [0.25, 0.3) is 6.43 Å². The van der Waals surface area contributed by atoms with Gasteiger partial charge in [0, 0.05) is 35.5 Å². The van der Waals surface area contributed by atoms with Gasteiger partial charge in [-0.1, -0.05) is 36.4 Å². The average Bonchev–Trinajstić information content (AvgIpc) is 2.66. The number of rotatable bonds is 6. The molecule has 1 aliphatic heterocycles. The monoisotopic (exact) mass is 376 g/mol. The van der Waals surface area contributed by atoms with E-state index in [1.54, 1.807) is 0 Å². The number of hydrogen-bond acceptors (Lipinski definition) is 3. The summed E-state index contributed by atoms with van der Waals surface area (Å²) in [5, 5.41) is 0. The molecule has 0 N–H and O–H groups in total. The molecule has 0 aromatic heterocycles. The molecule has 0 saturated carbocycles. The fourth-order valence-corrected chi connectivity index (χ4v) is 4.52. The third-order valence-electron chi connectivity index (χ3n) is 4.97. The van der Waals surface area contributed by atoms with E-state index in [1.165, 1.54) is 11.8 Å². The van der Waals surface area contributed by atoms with Crippen LogP contribution in [0.4, 0.5) is 14.5 Å². The third kappa shape index (κ3) is 4.57. The van der Waals surface area contributed by atoms with Crippen molar-refractivity contribution in [2.45, 2.75) is 36.0 Å². The van der Waals surface area contributed by atoms with Crippen LogP contribution < -0.4 is 4.90 Å². The van der Waals surface area contributed by atoms with Crippen LogP contribution in [0.5, 0.6) is 0 Å². The number of likely N-dealkylation sites (N-methyl/N-ethyl adjacent to an activating group) is 1. The number of anilines is 1. The SMILES string of the molecule is CN(C)[C@H]1CCCN(c2cccc(SCc3ccccc3)c2C(F)F)C1. The summed E-state index contributed by atoms with van der Waals surface area (Å²) < 4.78 is 27.9. The van der Waals surface area contributed by atoms with Crippen molar-refractivity contribution in [3.8, 4) is 0 Å². The lowest BCUT2D eigenvalue weighted by molar-refractivity contribution is 0.148. The molecule has 140 valence electrons. The van der Waals surface area contributed by atoms with Crippen molar-refractivity contribution >= 4 is 17.4 Å². The first-order chi connectivity index (χ1) is 12.6. The molecule has 0 unspecified atom stereocenters. The summed E-state index contributed by atoms with van der Waals surface area (Å²) in [6.07, 6.45) is -0.313. The lowest BCUT2D eigenvalue weighted by Crippen LogP contribution is -2.45. The van der Waals surface area contributed by atoms with Crippen LogP contribution in [0.2, 0.25) is 0 Å². The highest BCUT2D eigenvalue weighted by Gasteiger charge is 2.26. The van der Waals surface area contributed by atoms with E-state index < -0.39 is 6.43 Å². The summed E-state index contributed by atoms with van der Waals surface area (Å²) in [5.74, 6) is 0.699. The van der Waals surface area contributed by atoms with Crippen molar-refractivity contribution in [1.29, 1.82) is 0 Å². The number of thioether (sulfide) groups is 1. The smallest absolute Gasteiger partial charge is 0.266 e. The molecule has 1 aliphatic rings. The van der Waals surface area contributed by atoms with E-state index in [1.807, 2.05) is 48.5 Å². The molecular weight excluding hydrogens is 350 g/mol. The van der Waals surface area contributed by atoms with Gasteiger partial charge in [0.05, 0.1) is 5.56 Å². The van der Waals surface area contributed by atoms with E-state index >= 15 is 0 Å². The van der Waals surface area contributed by atoms with Crippen molar-refractivity contribution in [3.05, 3.63) is 59.7 Å². The molecule has 1 saturated heterocycles. The molecule has 0 spiro atoms. The van der Waals surface area contributed by atoms with Gasteiger partial charge in [-0.05, 0) is 44.6 Å². The molecular formula is C21H26F2N2S. The summed E-state index contributed by atoms with van der Waals surface area (Å²) in [5.41, 5.74) is 2.03. The zero-order valence-corrected chi connectivity index (χ0v) is 16.2. The lowest BCUT2D eigenvalue weighted by atomic mass is 10.0. The Morgan fingerprint density at radius 1 is 1.12 bits per heavy atom. The summed E-state index contributed by atoms with van der Waals surface area (Å²) in [6.45, 7) is 1.65. The van der Waals surface area contributed by atoms with E-state index in [0.717, 1.165) is 31.5 Å². The molecule has 0 amide bonds. The molecule has 0 radical (unpaired) electrons. The Labute approximate surface area is 159 Å². The highest BCUT2D eigenvalue weighted by molar-refractivity contribution is 7.98. The van der Waals surface area contributed by atoms with Gasteiger partial charge in [-0.3, -0.25) is 0 Å². The molecule has 1 heterocycles. The number of hydrogen-bond donors (Lipinski definition) is 0. The Morgan fingerprint density at radius 3 is 2.58 bits per heavy atom. The molecule has 5 heteroatoms. The molecule has 0 bridgehead atoms. The second kappa shape index (κ2) is 8.87. The Balaban J connectivity index is 1.84. The van der Waals surface area contributed by atoms with Gasteiger partial charge in [-0.2, -0.15) is 0 Å². The number of piperidine rings is 1. The van der Waals surface area contributed by atoms with Crippen LogP contribution >= 0.6 is 11.8 Å². The fourth-order valence-electron chi connectivity index (χ4n) is 3.48. The van der Waals surface area contributed by atoms with Gasteiger partial charge >= 0.3 is 0 Å². The van der Waals surface area contributed by atoms with Crippen LogP contribution in [0, 0.1) is 0 Å². The van der Waals surface area contributed by atoms with Gasteiger partial charge in [-0.15, -0.1) is 11.8 Å². The Bertz CT molecular complexity index is 706. The predicted octanol–water partition coefficient (Wildman–Crippen LogP) is 5.45. The van der Waals surface area contributed by atoms with E-state index in [2.05, 4.69) is 23.9 Å². The number of halogens is 2. The number of alkyl halides is 2. The molecule has 2 aromatic carbocycles. The Hall–Kier alpha value is -1.59.